The zero-order valence-electron chi connectivity index (χ0n) is 43.7. The number of cyclic esters (lactones) is 1. The lowest BCUT2D eigenvalue weighted by Crippen LogP contribution is -2.65. The first-order valence-corrected chi connectivity index (χ1v) is 24.8. The normalized spacial score (nSPS) is 42.4. The predicted octanol–water partition coefficient (Wildman–Crippen LogP) is 4.14. The highest BCUT2D eigenvalue weighted by Gasteiger charge is 2.58. The Hall–Kier alpha value is -2.40. The van der Waals surface area contributed by atoms with Crippen molar-refractivity contribution in [2.75, 3.05) is 41.5 Å². The standard InChI is InChI=1S/C49H79F6NO17/c1-13-33-30(22-67-45-42(65-12)41(64-11)37(60)26(5)69-45)18-23(2)14-15-31(57)24(3)19-29(16-17-66-46(48(50,51)52)49(53,54)55)39(25(4)32(58)20-34(59)71-33)73-44-38(61)36(56(9)10)40(27(6)70-44)72-35-21-47(8,63)43(62)28(7)68-35/h14-15,18,24-30,32-33,35-46,58,60-63H,13,16-17,19-22H2,1-12H3/b15-14+,23-18+/t24-,25+,26-,27-,28+,29+,30-,32-,33-,35+,36-,37-,38-,39-,40-,41-,42-,43+,44+,45-,47-/m1/s1. The van der Waals surface area contributed by atoms with E-state index in [2.05, 4.69) is 4.74 Å². The van der Waals surface area contributed by atoms with Gasteiger partial charge >= 0.3 is 18.3 Å². The van der Waals surface area contributed by atoms with E-state index in [1.807, 2.05) is 0 Å². The maximum atomic E-state index is 13.9. The van der Waals surface area contributed by atoms with Gasteiger partial charge in [0.2, 0.25) is 6.10 Å². The van der Waals surface area contributed by atoms with E-state index in [9.17, 15) is 61.5 Å². The first-order valence-electron chi connectivity index (χ1n) is 24.8. The third kappa shape index (κ3) is 16.6. The van der Waals surface area contributed by atoms with E-state index in [0.717, 1.165) is 0 Å². The summed E-state index contributed by atoms with van der Waals surface area (Å²) in [4.78, 5) is 29.4. The van der Waals surface area contributed by atoms with Crippen LogP contribution in [0, 0.1) is 23.7 Å². The third-order valence-corrected chi connectivity index (χ3v) is 14.4. The molecule has 3 saturated heterocycles. The van der Waals surface area contributed by atoms with E-state index < -0.39 is 177 Å². The number of nitrogens with zero attached hydrogens (tertiary/aromatic N) is 1. The number of methoxy groups -OCH3 is 2. The summed E-state index contributed by atoms with van der Waals surface area (Å²) in [5.74, 6) is -5.50. The molecule has 4 rings (SSSR count). The van der Waals surface area contributed by atoms with Crippen LogP contribution in [0.2, 0.25) is 0 Å². The SMILES string of the molecule is CC[C@H]1OC(=O)C[C@@H](O)[C@H](C)[C@@H](O[C@@H]2O[C@H](C)[C@@H](O[C@H]3C[C@@](C)(O)[C@@H](O)[C@H](C)O3)[C@H](N(C)C)[C@H]2O)[C@@H](CCOC(C(F)(F)F)C(F)(F)F)C[C@@H](C)C(=O)/C=C/C(C)=C/[C@@H]1CO[C@@H]1O[C@H](C)[C@@H](O)[C@@H](OC)[C@H]1OC. The van der Waals surface area contributed by atoms with E-state index in [1.165, 1.54) is 47.1 Å². The van der Waals surface area contributed by atoms with Gasteiger partial charge in [-0.3, -0.25) is 9.59 Å². The molecular weight excluding hydrogens is 989 g/mol. The van der Waals surface area contributed by atoms with Crippen LogP contribution in [0.15, 0.2) is 23.8 Å². The number of ketones is 1. The van der Waals surface area contributed by atoms with Crippen LogP contribution in [0.5, 0.6) is 0 Å². The number of likely N-dealkylation sites (N-methyl/N-ethyl adjacent to an activating group) is 1. The molecule has 0 spiro atoms. The molecule has 0 bridgehead atoms. The average molecular weight is 1070 g/mol. The quantitative estimate of drug-likeness (QED) is 0.115. The molecule has 3 fully saturated rings. The van der Waals surface area contributed by atoms with Gasteiger partial charge in [-0.05, 0) is 80.0 Å². The second kappa shape index (κ2) is 26.8. The van der Waals surface area contributed by atoms with Crippen LogP contribution in [0.4, 0.5) is 26.3 Å². The fraction of sp³-hybridized carbons (Fsp3) is 0.878. The molecule has 0 aromatic rings. The molecule has 0 unspecified atom stereocenters. The van der Waals surface area contributed by atoms with Crippen molar-refractivity contribution in [3.8, 4) is 0 Å². The van der Waals surface area contributed by atoms with Gasteiger partial charge in [0.05, 0.1) is 55.2 Å². The van der Waals surface area contributed by atoms with Crippen LogP contribution >= 0.6 is 0 Å². The summed E-state index contributed by atoms with van der Waals surface area (Å²) >= 11 is 0. The number of allylic oxidation sites excluding steroid dienone is 3. The van der Waals surface area contributed by atoms with Crippen molar-refractivity contribution in [2.24, 2.45) is 23.7 Å². The zero-order valence-corrected chi connectivity index (χ0v) is 43.7. The molecule has 4 aliphatic heterocycles. The van der Waals surface area contributed by atoms with Crippen molar-refractivity contribution in [1.82, 2.24) is 4.90 Å². The summed E-state index contributed by atoms with van der Waals surface area (Å²) < 4.78 is 141. The Bertz CT molecular complexity index is 1790. The highest BCUT2D eigenvalue weighted by molar-refractivity contribution is 5.91. The molecule has 4 aliphatic rings. The zero-order chi connectivity index (χ0) is 55.1. The first-order chi connectivity index (χ1) is 33.9. The number of hydrogen-bond acceptors (Lipinski definition) is 18. The van der Waals surface area contributed by atoms with Gasteiger partial charge in [-0.2, -0.15) is 26.3 Å². The van der Waals surface area contributed by atoms with E-state index in [4.69, 9.17) is 42.6 Å². The number of carbonyl (C=O) groups is 2. The van der Waals surface area contributed by atoms with Crippen molar-refractivity contribution in [2.45, 2.75) is 210 Å². The Labute approximate surface area is 423 Å². The fourth-order valence-corrected chi connectivity index (χ4v) is 10.1. The highest BCUT2D eigenvalue weighted by atomic mass is 19.4. The van der Waals surface area contributed by atoms with Gasteiger partial charge in [-0.25, -0.2) is 0 Å². The number of aliphatic hydroxyl groups excluding tert-OH is 4. The molecule has 73 heavy (non-hydrogen) atoms. The topological polar surface area (TPSA) is 231 Å². The molecule has 24 heteroatoms. The number of alkyl halides is 6. The van der Waals surface area contributed by atoms with E-state index >= 15 is 0 Å². The lowest BCUT2D eigenvalue weighted by atomic mass is 9.79. The van der Waals surface area contributed by atoms with Gasteiger partial charge in [0, 0.05) is 45.0 Å². The minimum Gasteiger partial charge on any atom is -0.462 e. The Morgan fingerprint density at radius 2 is 1.44 bits per heavy atom. The molecule has 5 N–H and O–H groups in total. The van der Waals surface area contributed by atoms with E-state index in [1.54, 1.807) is 59.7 Å². The molecular formula is C49H79F6NO17. The van der Waals surface area contributed by atoms with E-state index in [0.29, 0.717) is 5.57 Å². The second-order valence-electron chi connectivity index (χ2n) is 20.5. The van der Waals surface area contributed by atoms with Crippen LogP contribution in [-0.2, 0) is 57.0 Å². The van der Waals surface area contributed by atoms with E-state index in [-0.39, 0.29) is 25.9 Å². The number of rotatable bonds is 15. The number of halogens is 6. The number of esters is 1. The maximum Gasteiger partial charge on any atom is 0.423 e. The van der Waals surface area contributed by atoms with Crippen LogP contribution < -0.4 is 0 Å². The van der Waals surface area contributed by atoms with Gasteiger partial charge < -0.3 is 77.8 Å². The largest absolute Gasteiger partial charge is 0.462 e. The lowest BCUT2D eigenvalue weighted by molar-refractivity contribution is -0.342. The fourth-order valence-electron chi connectivity index (χ4n) is 10.1. The van der Waals surface area contributed by atoms with Crippen LogP contribution in [0.3, 0.4) is 0 Å². The molecule has 424 valence electrons. The van der Waals surface area contributed by atoms with Crippen molar-refractivity contribution in [3.63, 3.8) is 0 Å². The Balaban J connectivity index is 1.73. The molecule has 18 nitrogen and oxygen atoms in total. The Morgan fingerprint density at radius 1 is 0.822 bits per heavy atom. The number of carbonyl (C=O) groups excluding carboxylic acids is 2. The van der Waals surface area contributed by atoms with Crippen molar-refractivity contribution in [3.05, 3.63) is 23.8 Å². The first kappa shape index (κ1) is 63.1. The molecule has 4 heterocycles. The molecule has 0 saturated carbocycles. The highest BCUT2D eigenvalue weighted by Crippen LogP contribution is 2.40. The Kier molecular flexibility index (Phi) is 23.2. The molecule has 0 radical (unpaired) electrons. The average Bonchev–Trinajstić information content (AvgIpc) is 3.28. The minimum absolute atomic E-state index is 0.133. The summed E-state index contributed by atoms with van der Waals surface area (Å²) in [6.45, 7) is 11.2. The molecule has 0 aromatic heterocycles. The summed E-state index contributed by atoms with van der Waals surface area (Å²) in [6, 6.07) is -0.974. The van der Waals surface area contributed by atoms with Gasteiger partial charge in [0.1, 0.15) is 42.7 Å². The third-order valence-electron chi connectivity index (χ3n) is 14.4. The lowest BCUT2D eigenvalue weighted by Gasteiger charge is -2.50. The monoisotopic (exact) mass is 1070 g/mol. The molecule has 0 aliphatic carbocycles. The van der Waals surface area contributed by atoms with Crippen molar-refractivity contribution in [1.29, 1.82) is 0 Å². The van der Waals surface area contributed by atoms with Crippen LogP contribution in [0.1, 0.15) is 87.5 Å². The number of ether oxygens (including phenoxy) is 10. The molecule has 0 amide bonds. The summed E-state index contributed by atoms with van der Waals surface area (Å²) in [7, 11) is 6.04. The number of aliphatic hydroxyl groups is 5. The van der Waals surface area contributed by atoms with Gasteiger partial charge in [-0.15, -0.1) is 0 Å². The van der Waals surface area contributed by atoms with Crippen molar-refractivity contribution < 1.29 is 109 Å². The second-order valence-corrected chi connectivity index (χ2v) is 20.5. The minimum atomic E-state index is -5.84. The molecule has 0 aromatic carbocycles. The maximum absolute atomic E-state index is 13.9. The summed E-state index contributed by atoms with van der Waals surface area (Å²) in [6.07, 6.45) is -29.8. The van der Waals surface area contributed by atoms with Gasteiger partial charge in [0.15, 0.2) is 24.7 Å². The van der Waals surface area contributed by atoms with Crippen molar-refractivity contribution >= 4 is 11.8 Å². The smallest absolute Gasteiger partial charge is 0.423 e. The summed E-state index contributed by atoms with van der Waals surface area (Å²) in [5, 5.41) is 56.1. The number of hydrogen-bond donors (Lipinski definition) is 5. The van der Waals surface area contributed by atoms with Gasteiger partial charge in [0.25, 0.3) is 0 Å². The van der Waals surface area contributed by atoms with Gasteiger partial charge in [-0.1, -0.05) is 38.5 Å². The molecule has 21 atom stereocenters. The Morgan fingerprint density at radius 3 is 2.00 bits per heavy atom. The van der Waals surface area contributed by atoms with Crippen LogP contribution in [0.25, 0.3) is 0 Å². The summed E-state index contributed by atoms with van der Waals surface area (Å²) in [5.41, 5.74) is -1.10. The predicted molar refractivity (Wildman–Crippen MR) is 246 cm³/mol. The van der Waals surface area contributed by atoms with Crippen LogP contribution in [-0.4, -0.2) is 206 Å².